The van der Waals surface area contributed by atoms with Crippen molar-refractivity contribution in [2.75, 3.05) is 50.1 Å². The molecule has 8 nitrogen and oxygen atoms in total. The SMILES string of the molecule is Cc1ccc(Cn2c(=O)c(N3CCN(C(=O)c4cccc(N(C)C)c4)CC3)nc3cccnc32)cc1. The van der Waals surface area contributed by atoms with E-state index in [4.69, 9.17) is 4.98 Å². The summed E-state index contributed by atoms with van der Waals surface area (Å²) in [7, 11) is 3.92. The van der Waals surface area contributed by atoms with Crippen LogP contribution in [0.4, 0.5) is 11.5 Å². The maximum atomic E-state index is 13.6. The van der Waals surface area contributed by atoms with Crippen LogP contribution in [0.2, 0.25) is 0 Å². The first kappa shape index (κ1) is 23.5. The summed E-state index contributed by atoms with van der Waals surface area (Å²) in [6.45, 7) is 4.59. The molecule has 8 heteroatoms. The summed E-state index contributed by atoms with van der Waals surface area (Å²) < 4.78 is 1.70. The number of benzene rings is 2. The quantitative estimate of drug-likeness (QED) is 0.435. The van der Waals surface area contributed by atoms with E-state index in [9.17, 15) is 9.59 Å². The molecule has 1 fully saturated rings. The molecule has 1 saturated heterocycles. The van der Waals surface area contributed by atoms with Gasteiger partial charge in [0, 0.05) is 57.7 Å². The maximum absolute atomic E-state index is 13.6. The highest BCUT2D eigenvalue weighted by atomic mass is 16.2. The average molecular weight is 483 g/mol. The molecular formula is C28H30N6O2. The highest BCUT2D eigenvalue weighted by Crippen LogP contribution is 2.19. The number of aromatic nitrogens is 3. The number of carbonyl (C=O) groups excluding carboxylic acids is 1. The number of rotatable bonds is 5. The van der Waals surface area contributed by atoms with E-state index in [2.05, 4.69) is 4.98 Å². The minimum absolute atomic E-state index is 0.00537. The minimum Gasteiger partial charge on any atom is -0.378 e. The van der Waals surface area contributed by atoms with Gasteiger partial charge in [-0.2, -0.15) is 0 Å². The van der Waals surface area contributed by atoms with Crippen LogP contribution in [0.1, 0.15) is 21.5 Å². The van der Waals surface area contributed by atoms with Crippen molar-refractivity contribution in [3.63, 3.8) is 0 Å². The first-order chi connectivity index (χ1) is 17.4. The number of amides is 1. The summed E-state index contributed by atoms with van der Waals surface area (Å²) in [6, 6.07) is 19.5. The van der Waals surface area contributed by atoms with Gasteiger partial charge in [-0.1, -0.05) is 35.9 Å². The molecule has 1 aliphatic rings. The molecule has 0 spiro atoms. The van der Waals surface area contributed by atoms with Gasteiger partial charge in [0.05, 0.1) is 6.54 Å². The Bertz CT molecular complexity index is 1450. The molecule has 3 heterocycles. The topological polar surface area (TPSA) is 74.6 Å². The zero-order valence-corrected chi connectivity index (χ0v) is 20.9. The maximum Gasteiger partial charge on any atom is 0.295 e. The van der Waals surface area contributed by atoms with Gasteiger partial charge in [-0.25, -0.2) is 9.97 Å². The third-order valence-electron chi connectivity index (χ3n) is 6.62. The predicted molar refractivity (Wildman–Crippen MR) is 143 cm³/mol. The van der Waals surface area contributed by atoms with Crippen LogP contribution in [0.15, 0.2) is 71.7 Å². The Hall–Kier alpha value is -4.20. The molecule has 2 aromatic carbocycles. The van der Waals surface area contributed by atoms with Crippen molar-refractivity contribution in [2.45, 2.75) is 13.5 Å². The highest BCUT2D eigenvalue weighted by molar-refractivity contribution is 5.95. The number of anilines is 2. The number of pyridine rings is 1. The summed E-state index contributed by atoms with van der Waals surface area (Å²) in [5.41, 5.74) is 4.94. The van der Waals surface area contributed by atoms with E-state index in [0.717, 1.165) is 11.3 Å². The molecule has 1 amide bonds. The van der Waals surface area contributed by atoms with Gasteiger partial charge < -0.3 is 14.7 Å². The van der Waals surface area contributed by atoms with E-state index in [1.165, 1.54) is 5.56 Å². The molecule has 0 atom stereocenters. The van der Waals surface area contributed by atoms with Gasteiger partial charge in [0.1, 0.15) is 5.52 Å². The number of hydrogen-bond donors (Lipinski definition) is 0. The van der Waals surface area contributed by atoms with Gasteiger partial charge in [-0.05, 0) is 42.8 Å². The average Bonchev–Trinajstić information content (AvgIpc) is 2.91. The molecule has 5 rings (SSSR count). The summed E-state index contributed by atoms with van der Waals surface area (Å²) in [5, 5.41) is 0. The zero-order valence-electron chi connectivity index (χ0n) is 20.9. The van der Waals surface area contributed by atoms with Crippen molar-refractivity contribution in [2.24, 2.45) is 0 Å². The summed E-state index contributed by atoms with van der Waals surface area (Å²) in [4.78, 5) is 41.7. The van der Waals surface area contributed by atoms with E-state index in [-0.39, 0.29) is 11.5 Å². The Kier molecular flexibility index (Phi) is 6.41. The van der Waals surface area contributed by atoms with Gasteiger partial charge >= 0.3 is 0 Å². The Labute approximate surface area is 210 Å². The number of hydrogen-bond acceptors (Lipinski definition) is 6. The molecular weight excluding hydrogens is 452 g/mol. The molecule has 184 valence electrons. The summed E-state index contributed by atoms with van der Waals surface area (Å²) in [5.74, 6) is 0.412. The first-order valence-electron chi connectivity index (χ1n) is 12.1. The molecule has 4 aromatic rings. The zero-order chi connectivity index (χ0) is 25.2. The van der Waals surface area contributed by atoms with Gasteiger partial charge in [0.15, 0.2) is 11.5 Å². The lowest BCUT2D eigenvalue weighted by Gasteiger charge is -2.35. The molecule has 2 aromatic heterocycles. The molecule has 0 radical (unpaired) electrons. The van der Waals surface area contributed by atoms with E-state index in [1.807, 2.05) is 96.4 Å². The molecule has 1 aliphatic heterocycles. The first-order valence-corrected chi connectivity index (χ1v) is 12.1. The van der Waals surface area contributed by atoms with Crippen LogP contribution in [0, 0.1) is 6.92 Å². The molecule has 0 bridgehead atoms. The summed E-state index contributed by atoms with van der Waals surface area (Å²) in [6.07, 6.45) is 1.68. The molecule has 0 unspecified atom stereocenters. The monoisotopic (exact) mass is 482 g/mol. The number of aryl methyl sites for hydroxylation is 1. The lowest BCUT2D eigenvalue weighted by molar-refractivity contribution is 0.0746. The van der Waals surface area contributed by atoms with Crippen molar-refractivity contribution in [3.8, 4) is 0 Å². The molecule has 0 aliphatic carbocycles. The number of fused-ring (bicyclic) bond motifs is 1. The lowest BCUT2D eigenvalue weighted by Crippen LogP contribution is -2.50. The number of nitrogens with zero attached hydrogens (tertiary/aromatic N) is 6. The van der Waals surface area contributed by atoms with Crippen LogP contribution in [-0.4, -0.2) is 65.6 Å². The fraction of sp³-hybridized carbons (Fsp3) is 0.286. The van der Waals surface area contributed by atoms with Crippen LogP contribution in [-0.2, 0) is 6.54 Å². The van der Waals surface area contributed by atoms with E-state index in [0.29, 0.717) is 55.3 Å². The van der Waals surface area contributed by atoms with Gasteiger partial charge in [-0.3, -0.25) is 14.2 Å². The van der Waals surface area contributed by atoms with Gasteiger partial charge in [0.25, 0.3) is 11.5 Å². The Balaban J connectivity index is 1.39. The fourth-order valence-electron chi connectivity index (χ4n) is 4.51. The van der Waals surface area contributed by atoms with Crippen LogP contribution >= 0.6 is 0 Å². The Morgan fingerprint density at radius 3 is 2.44 bits per heavy atom. The fourth-order valence-corrected chi connectivity index (χ4v) is 4.51. The second-order valence-electron chi connectivity index (χ2n) is 9.38. The number of carbonyl (C=O) groups is 1. The normalized spacial score (nSPS) is 13.8. The number of piperazine rings is 1. The minimum atomic E-state index is -0.166. The summed E-state index contributed by atoms with van der Waals surface area (Å²) >= 11 is 0. The largest absolute Gasteiger partial charge is 0.378 e. The molecule has 0 saturated carbocycles. The Morgan fingerprint density at radius 1 is 0.972 bits per heavy atom. The van der Waals surface area contributed by atoms with Crippen molar-refractivity contribution in [1.82, 2.24) is 19.4 Å². The van der Waals surface area contributed by atoms with Crippen LogP contribution in [0.25, 0.3) is 11.2 Å². The van der Waals surface area contributed by atoms with Gasteiger partial charge in [0.2, 0.25) is 0 Å². The van der Waals surface area contributed by atoms with Gasteiger partial charge in [-0.15, -0.1) is 0 Å². The van der Waals surface area contributed by atoms with Crippen molar-refractivity contribution in [3.05, 3.63) is 93.9 Å². The van der Waals surface area contributed by atoms with Crippen molar-refractivity contribution >= 4 is 28.6 Å². The second-order valence-corrected chi connectivity index (χ2v) is 9.38. The standard InChI is InChI=1S/C28H30N6O2/c1-20-9-11-21(12-10-20)19-34-25-24(8-5-13-29-25)30-26(28(34)36)32-14-16-33(17-15-32)27(35)22-6-4-7-23(18-22)31(2)3/h4-13,18H,14-17,19H2,1-3H3. The molecule has 0 N–H and O–H groups in total. The highest BCUT2D eigenvalue weighted by Gasteiger charge is 2.26. The van der Waals surface area contributed by atoms with Crippen LogP contribution in [0.5, 0.6) is 0 Å². The third kappa shape index (κ3) is 4.66. The smallest absolute Gasteiger partial charge is 0.295 e. The lowest BCUT2D eigenvalue weighted by atomic mass is 10.1. The predicted octanol–water partition coefficient (Wildman–Crippen LogP) is 3.18. The van der Waals surface area contributed by atoms with E-state index in [1.54, 1.807) is 10.8 Å². The van der Waals surface area contributed by atoms with Crippen molar-refractivity contribution in [1.29, 1.82) is 0 Å². The van der Waals surface area contributed by atoms with E-state index >= 15 is 0 Å². The van der Waals surface area contributed by atoms with Crippen LogP contribution in [0.3, 0.4) is 0 Å². The van der Waals surface area contributed by atoms with Crippen molar-refractivity contribution < 1.29 is 4.79 Å². The molecule has 36 heavy (non-hydrogen) atoms. The van der Waals surface area contributed by atoms with Crippen LogP contribution < -0.4 is 15.4 Å². The Morgan fingerprint density at radius 2 is 1.72 bits per heavy atom. The second kappa shape index (κ2) is 9.81. The third-order valence-corrected chi connectivity index (χ3v) is 6.62. The van der Waals surface area contributed by atoms with E-state index < -0.39 is 0 Å².